The van der Waals surface area contributed by atoms with Crippen LogP contribution in [0.15, 0.2) is 54.7 Å². The molecule has 0 amide bonds. The number of hydrogen-bond donors (Lipinski definition) is 2. The highest BCUT2D eigenvalue weighted by Gasteiger charge is 2.05. The molecule has 88 valence electrons. The number of aromatic nitrogens is 1. The fourth-order valence-corrected chi connectivity index (χ4v) is 2.02. The summed E-state index contributed by atoms with van der Waals surface area (Å²) in [5, 5.41) is 11.5. The van der Waals surface area contributed by atoms with Gasteiger partial charge in [0, 0.05) is 17.1 Å². The van der Waals surface area contributed by atoms with E-state index in [1.54, 1.807) is 12.3 Å². The number of rotatable bonds is 1. The number of phenolic OH excluding ortho intramolecular Hbond substituents is 1. The first kappa shape index (κ1) is 10.6. The van der Waals surface area contributed by atoms with E-state index in [4.69, 9.17) is 5.73 Å². The Kier molecular flexibility index (Phi) is 2.38. The highest BCUT2D eigenvalue weighted by molar-refractivity contribution is 5.98. The van der Waals surface area contributed by atoms with Crippen LogP contribution in [0, 0.1) is 0 Å². The van der Waals surface area contributed by atoms with Gasteiger partial charge in [0.1, 0.15) is 5.75 Å². The van der Waals surface area contributed by atoms with Crippen molar-refractivity contribution in [2.75, 3.05) is 5.73 Å². The van der Waals surface area contributed by atoms with E-state index < -0.39 is 0 Å². The van der Waals surface area contributed by atoms with Crippen molar-refractivity contribution in [3.63, 3.8) is 0 Å². The third kappa shape index (κ3) is 1.66. The summed E-state index contributed by atoms with van der Waals surface area (Å²) in [5.41, 5.74) is 8.18. The van der Waals surface area contributed by atoms with E-state index in [2.05, 4.69) is 4.98 Å². The maximum absolute atomic E-state index is 9.64. The van der Waals surface area contributed by atoms with Crippen LogP contribution in [-0.2, 0) is 0 Å². The maximum Gasteiger partial charge on any atom is 0.139 e. The van der Waals surface area contributed by atoms with Crippen molar-refractivity contribution in [1.29, 1.82) is 0 Å². The predicted molar refractivity (Wildman–Crippen MR) is 73.3 cm³/mol. The van der Waals surface area contributed by atoms with E-state index in [9.17, 15) is 5.11 Å². The molecule has 0 aliphatic carbocycles. The van der Waals surface area contributed by atoms with Gasteiger partial charge in [0.2, 0.25) is 0 Å². The third-order valence-electron chi connectivity index (χ3n) is 3.00. The van der Waals surface area contributed by atoms with Crippen LogP contribution in [0.25, 0.3) is 22.0 Å². The van der Waals surface area contributed by atoms with Crippen molar-refractivity contribution in [3.05, 3.63) is 54.7 Å². The van der Waals surface area contributed by atoms with Crippen molar-refractivity contribution in [3.8, 4) is 17.0 Å². The van der Waals surface area contributed by atoms with Gasteiger partial charge in [-0.05, 0) is 29.7 Å². The molecule has 3 nitrogen and oxygen atoms in total. The number of benzene rings is 2. The minimum Gasteiger partial charge on any atom is -0.506 e. The lowest BCUT2D eigenvalue weighted by Crippen LogP contribution is -1.89. The molecular weight excluding hydrogens is 224 g/mol. The van der Waals surface area contributed by atoms with Gasteiger partial charge in [-0.2, -0.15) is 0 Å². The summed E-state index contributed by atoms with van der Waals surface area (Å²) in [6.45, 7) is 0. The van der Waals surface area contributed by atoms with E-state index in [1.807, 2.05) is 42.5 Å². The third-order valence-corrected chi connectivity index (χ3v) is 3.00. The summed E-state index contributed by atoms with van der Waals surface area (Å²) < 4.78 is 0. The Bertz CT molecular complexity index is 708. The van der Waals surface area contributed by atoms with Crippen LogP contribution in [-0.4, -0.2) is 10.1 Å². The van der Waals surface area contributed by atoms with Crippen molar-refractivity contribution < 1.29 is 5.11 Å². The van der Waals surface area contributed by atoms with Crippen LogP contribution in [0.2, 0.25) is 0 Å². The number of phenols is 1. The Morgan fingerprint density at radius 3 is 2.61 bits per heavy atom. The van der Waals surface area contributed by atoms with Gasteiger partial charge < -0.3 is 10.8 Å². The van der Waals surface area contributed by atoms with Gasteiger partial charge in [-0.3, -0.25) is 4.98 Å². The number of hydrogen-bond acceptors (Lipinski definition) is 3. The van der Waals surface area contributed by atoms with Crippen molar-refractivity contribution in [2.45, 2.75) is 0 Å². The topological polar surface area (TPSA) is 59.1 Å². The Morgan fingerprint density at radius 2 is 1.83 bits per heavy atom. The zero-order valence-electron chi connectivity index (χ0n) is 9.67. The first-order valence-corrected chi connectivity index (χ1v) is 5.68. The van der Waals surface area contributed by atoms with Gasteiger partial charge in [0.25, 0.3) is 0 Å². The van der Waals surface area contributed by atoms with Gasteiger partial charge in [0.05, 0.1) is 11.4 Å². The van der Waals surface area contributed by atoms with E-state index in [0.717, 1.165) is 22.0 Å². The summed E-state index contributed by atoms with van der Waals surface area (Å²) >= 11 is 0. The number of nitrogen functional groups attached to an aromatic ring is 1. The van der Waals surface area contributed by atoms with Crippen molar-refractivity contribution in [1.82, 2.24) is 4.98 Å². The Hall–Kier alpha value is -2.55. The molecule has 3 aromatic rings. The molecule has 0 fully saturated rings. The quantitative estimate of drug-likeness (QED) is 0.504. The molecule has 0 radical (unpaired) electrons. The van der Waals surface area contributed by atoms with Crippen LogP contribution < -0.4 is 5.73 Å². The molecule has 1 heterocycles. The lowest BCUT2D eigenvalue weighted by Gasteiger charge is -2.07. The van der Waals surface area contributed by atoms with Crippen LogP contribution in [0.4, 0.5) is 5.69 Å². The molecule has 0 spiro atoms. The number of aromatic hydroxyl groups is 1. The summed E-state index contributed by atoms with van der Waals surface area (Å²) in [4.78, 5) is 4.30. The van der Waals surface area contributed by atoms with Crippen LogP contribution in [0.1, 0.15) is 0 Å². The monoisotopic (exact) mass is 236 g/mol. The molecule has 0 bridgehead atoms. The largest absolute Gasteiger partial charge is 0.506 e. The lowest BCUT2D eigenvalue weighted by atomic mass is 10.0. The van der Waals surface area contributed by atoms with Gasteiger partial charge in [0.15, 0.2) is 0 Å². The molecule has 3 heteroatoms. The first-order chi connectivity index (χ1) is 8.75. The molecule has 0 aliphatic rings. The van der Waals surface area contributed by atoms with Crippen molar-refractivity contribution in [2.24, 2.45) is 0 Å². The lowest BCUT2D eigenvalue weighted by molar-refractivity contribution is 0.478. The zero-order chi connectivity index (χ0) is 12.5. The Labute approximate surface area is 105 Å². The molecule has 0 atom stereocenters. The van der Waals surface area contributed by atoms with Crippen LogP contribution in [0.3, 0.4) is 0 Å². The van der Waals surface area contributed by atoms with Gasteiger partial charge in [-0.15, -0.1) is 0 Å². The van der Waals surface area contributed by atoms with E-state index in [-0.39, 0.29) is 5.75 Å². The number of pyridine rings is 1. The Morgan fingerprint density at radius 1 is 1.00 bits per heavy atom. The maximum atomic E-state index is 9.64. The summed E-state index contributed by atoms with van der Waals surface area (Å²) in [6, 6.07) is 15.2. The summed E-state index contributed by atoms with van der Waals surface area (Å²) in [6.07, 6.45) is 1.76. The SMILES string of the molecule is Nc1c(O)ccc2ccc(-c3ccccn3)cc12. The summed E-state index contributed by atoms with van der Waals surface area (Å²) in [5.74, 6) is 0.112. The van der Waals surface area contributed by atoms with E-state index in [0.29, 0.717) is 5.69 Å². The average Bonchev–Trinajstić information content (AvgIpc) is 2.44. The molecule has 0 saturated heterocycles. The number of nitrogens with zero attached hydrogens (tertiary/aromatic N) is 1. The van der Waals surface area contributed by atoms with Crippen molar-refractivity contribution >= 4 is 16.5 Å². The standard InChI is InChI=1S/C15H12N2O/c16-15-12-9-11(13-3-1-2-8-17-13)5-4-10(12)6-7-14(15)18/h1-9,18H,16H2. The molecule has 0 aliphatic heterocycles. The molecule has 0 unspecified atom stereocenters. The average molecular weight is 236 g/mol. The molecule has 3 rings (SSSR count). The second-order valence-corrected chi connectivity index (χ2v) is 4.15. The Balaban J connectivity index is 2.25. The van der Waals surface area contributed by atoms with E-state index >= 15 is 0 Å². The molecule has 18 heavy (non-hydrogen) atoms. The first-order valence-electron chi connectivity index (χ1n) is 5.68. The van der Waals surface area contributed by atoms with Crippen LogP contribution >= 0.6 is 0 Å². The molecule has 3 N–H and O–H groups in total. The highest BCUT2D eigenvalue weighted by Crippen LogP contribution is 2.32. The highest BCUT2D eigenvalue weighted by atomic mass is 16.3. The number of nitrogens with two attached hydrogens (primary N) is 1. The summed E-state index contributed by atoms with van der Waals surface area (Å²) in [7, 11) is 0. The second-order valence-electron chi connectivity index (χ2n) is 4.15. The molecule has 0 saturated carbocycles. The van der Waals surface area contributed by atoms with Gasteiger partial charge in [-0.1, -0.05) is 24.3 Å². The fraction of sp³-hybridized carbons (Fsp3) is 0. The molecule has 1 aromatic heterocycles. The fourth-order valence-electron chi connectivity index (χ4n) is 2.02. The molecular formula is C15H12N2O. The van der Waals surface area contributed by atoms with Gasteiger partial charge >= 0.3 is 0 Å². The van der Waals surface area contributed by atoms with Crippen LogP contribution in [0.5, 0.6) is 5.75 Å². The zero-order valence-corrected chi connectivity index (χ0v) is 9.67. The normalized spacial score (nSPS) is 10.7. The smallest absolute Gasteiger partial charge is 0.139 e. The number of anilines is 1. The molecule has 2 aromatic carbocycles. The minimum atomic E-state index is 0.112. The second kappa shape index (κ2) is 4.04. The van der Waals surface area contributed by atoms with E-state index in [1.165, 1.54) is 0 Å². The predicted octanol–water partition coefficient (Wildman–Crippen LogP) is 3.19. The van der Waals surface area contributed by atoms with Gasteiger partial charge in [-0.25, -0.2) is 0 Å². The minimum absolute atomic E-state index is 0.112. The number of fused-ring (bicyclic) bond motifs is 1.